The molecule has 1 aliphatic carbocycles. The maximum atomic E-state index is 12.1. The Morgan fingerprint density at radius 3 is 2.76 bits per heavy atom. The van der Waals surface area contributed by atoms with Crippen molar-refractivity contribution in [2.45, 2.75) is 50.3 Å². The van der Waals surface area contributed by atoms with Crippen LogP contribution in [0, 0.1) is 0 Å². The number of aliphatic hydroxyl groups excluding tert-OH is 3. The number of hydrogen-bond donors (Lipinski definition) is 4. The molecule has 1 aliphatic heterocycles. The zero-order valence-electron chi connectivity index (χ0n) is 11.9. The van der Waals surface area contributed by atoms with E-state index in [0.717, 1.165) is 0 Å². The van der Waals surface area contributed by atoms with Gasteiger partial charge in [-0.2, -0.15) is 0 Å². The summed E-state index contributed by atoms with van der Waals surface area (Å²) in [4.78, 5) is 12.1. The van der Waals surface area contributed by atoms with E-state index in [1.54, 1.807) is 13.0 Å². The molecule has 116 valence electrons. The van der Waals surface area contributed by atoms with Gasteiger partial charge in [0.05, 0.1) is 11.8 Å². The zero-order chi connectivity index (χ0) is 15.8. The van der Waals surface area contributed by atoms with Crippen molar-refractivity contribution < 1.29 is 30.0 Å². The van der Waals surface area contributed by atoms with Gasteiger partial charge in [0.15, 0.2) is 11.4 Å². The SMILES string of the molecule is C/C=C/[C@H](O)[C@@H](O)[C@H]1CC2=C[C@@H](O)[C@@](C)(O)C(=O)C2=CO1. The number of aliphatic hydroxyl groups is 4. The maximum Gasteiger partial charge on any atom is 0.200 e. The molecule has 0 saturated carbocycles. The summed E-state index contributed by atoms with van der Waals surface area (Å²) in [7, 11) is 0. The van der Waals surface area contributed by atoms with Gasteiger partial charge in [-0.3, -0.25) is 4.79 Å². The van der Waals surface area contributed by atoms with Crippen LogP contribution in [0.5, 0.6) is 0 Å². The molecule has 0 fully saturated rings. The lowest BCUT2D eigenvalue weighted by Crippen LogP contribution is -2.51. The number of carbonyl (C=O) groups is 1. The van der Waals surface area contributed by atoms with Crippen LogP contribution >= 0.6 is 0 Å². The van der Waals surface area contributed by atoms with Crippen LogP contribution < -0.4 is 0 Å². The predicted octanol–water partition coefficient (Wildman–Crippen LogP) is -0.422. The van der Waals surface area contributed by atoms with Gasteiger partial charge < -0.3 is 25.2 Å². The van der Waals surface area contributed by atoms with E-state index in [1.165, 1.54) is 25.3 Å². The molecule has 0 aromatic rings. The van der Waals surface area contributed by atoms with E-state index < -0.39 is 35.8 Å². The van der Waals surface area contributed by atoms with E-state index in [2.05, 4.69) is 0 Å². The fraction of sp³-hybridized carbons (Fsp3) is 0.533. The van der Waals surface area contributed by atoms with E-state index in [1.807, 2.05) is 0 Å². The molecule has 5 atom stereocenters. The Labute approximate surface area is 122 Å². The summed E-state index contributed by atoms with van der Waals surface area (Å²) in [5.74, 6) is -0.616. The maximum absolute atomic E-state index is 12.1. The molecule has 0 aromatic carbocycles. The van der Waals surface area contributed by atoms with Crippen LogP contribution in [0.4, 0.5) is 0 Å². The summed E-state index contributed by atoms with van der Waals surface area (Å²) in [5.41, 5.74) is -1.19. The largest absolute Gasteiger partial charge is 0.494 e. The highest BCUT2D eigenvalue weighted by Gasteiger charge is 2.46. The Morgan fingerprint density at radius 1 is 1.48 bits per heavy atom. The summed E-state index contributed by atoms with van der Waals surface area (Å²) in [6.07, 6.45) is 1.50. The van der Waals surface area contributed by atoms with E-state index >= 15 is 0 Å². The highest BCUT2D eigenvalue weighted by atomic mass is 16.5. The molecule has 0 aromatic heterocycles. The van der Waals surface area contributed by atoms with Crippen LogP contribution in [0.15, 0.2) is 35.6 Å². The summed E-state index contributed by atoms with van der Waals surface area (Å²) < 4.78 is 5.32. The summed E-state index contributed by atoms with van der Waals surface area (Å²) in [5, 5.41) is 39.5. The first-order chi connectivity index (χ1) is 9.78. The second kappa shape index (κ2) is 5.73. The molecule has 6 nitrogen and oxygen atoms in total. The highest BCUT2D eigenvalue weighted by molar-refractivity contribution is 6.06. The molecule has 1 heterocycles. The number of hydrogen-bond acceptors (Lipinski definition) is 6. The molecule has 6 heteroatoms. The molecule has 0 bridgehead atoms. The van der Waals surface area contributed by atoms with E-state index in [9.17, 15) is 25.2 Å². The van der Waals surface area contributed by atoms with Crippen molar-refractivity contribution in [3.8, 4) is 0 Å². The lowest BCUT2D eigenvalue weighted by molar-refractivity contribution is -0.141. The monoisotopic (exact) mass is 296 g/mol. The molecule has 0 radical (unpaired) electrons. The Kier molecular flexibility index (Phi) is 4.34. The summed E-state index contributed by atoms with van der Waals surface area (Å²) in [6, 6.07) is 0. The van der Waals surface area contributed by atoms with Crippen molar-refractivity contribution in [3.63, 3.8) is 0 Å². The lowest BCUT2D eigenvalue weighted by atomic mass is 9.77. The molecule has 0 unspecified atom stereocenters. The van der Waals surface area contributed by atoms with Gasteiger partial charge in [0.1, 0.15) is 24.4 Å². The normalized spacial score (nSPS) is 35.6. The first kappa shape index (κ1) is 15.9. The fourth-order valence-electron chi connectivity index (χ4n) is 2.46. The van der Waals surface area contributed by atoms with E-state index in [0.29, 0.717) is 5.57 Å². The third-order valence-electron chi connectivity index (χ3n) is 3.89. The van der Waals surface area contributed by atoms with Crippen LogP contribution in [0.1, 0.15) is 20.3 Å². The molecule has 2 aliphatic rings. The van der Waals surface area contributed by atoms with Crippen molar-refractivity contribution in [1.82, 2.24) is 0 Å². The van der Waals surface area contributed by atoms with Gasteiger partial charge >= 0.3 is 0 Å². The average molecular weight is 296 g/mol. The number of rotatable bonds is 3. The Balaban J connectivity index is 2.22. The smallest absolute Gasteiger partial charge is 0.200 e. The van der Waals surface area contributed by atoms with Crippen molar-refractivity contribution in [2.24, 2.45) is 0 Å². The molecular weight excluding hydrogens is 276 g/mol. The van der Waals surface area contributed by atoms with Crippen molar-refractivity contribution in [2.75, 3.05) is 0 Å². The van der Waals surface area contributed by atoms with E-state index in [4.69, 9.17) is 4.74 Å². The van der Waals surface area contributed by atoms with Crippen LogP contribution in [-0.2, 0) is 9.53 Å². The van der Waals surface area contributed by atoms with Gasteiger partial charge in [-0.05, 0) is 25.5 Å². The predicted molar refractivity (Wildman–Crippen MR) is 74.1 cm³/mol. The van der Waals surface area contributed by atoms with Crippen LogP contribution in [-0.4, -0.2) is 56.2 Å². The van der Waals surface area contributed by atoms with Gasteiger partial charge in [-0.1, -0.05) is 12.2 Å². The summed E-state index contributed by atoms with van der Waals surface area (Å²) in [6.45, 7) is 2.96. The van der Waals surface area contributed by atoms with Gasteiger partial charge in [-0.25, -0.2) is 0 Å². The molecule has 2 rings (SSSR count). The highest BCUT2D eigenvalue weighted by Crippen LogP contribution is 2.35. The minimum absolute atomic E-state index is 0.167. The average Bonchev–Trinajstić information content (AvgIpc) is 2.44. The fourth-order valence-corrected chi connectivity index (χ4v) is 2.46. The molecule has 0 saturated heterocycles. The number of fused-ring (bicyclic) bond motifs is 1. The molecule has 21 heavy (non-hydrogen) atoms. The van der Waals surface area contributed by atoms with Crippen molar-refractivity contribution in [1.29, 1.82) is 0 Å². The Hall–Kier alpha value is -1.47. The van der Waals surface area contributed by atoms with Crippen LogP contribution in [0.25, 0.3) is 0 Å². The van der Waals surface area contributed by atoms with Crippen molar-refractivity contribution >= 4 is 5.78 Å². The number of allylic oxidation sites excluding steroid dienone is 1. The third kappa shape index (κ3) is 2.80. The zero-order valence-corrected chi connectivity index (χ0v) is 11.9. The third-order valence-corrected chi connectivity index (χ3v) is 3.89. The standard InChI is InChI=1S/C15H20O6/c1-3-4-10(16)13(18)11-5-8-6-12(17)15(2,20)14(19)9(8)7-21-11/h3-4,6-7,10-13,16-18,20H,5H2,1-2H3/b4-3+/t10-,11+,12+,13+,15+/m0/s1. The van der Waals surface area contributed by atoms with Crippen molar-refractivity contribution in [3.05, 3.63) is 35.6 Å². The van der Waals surface area contributed by atoms with E-state index in [-0.39, 0.29) is 12.0 Å². The van der Waals surface area contributed by atoms with Gasteiger partial charge in [0.2, 0.25) is 0 Å². The minimum atomic E-state index is -1.88. The van der Waals surface area contributed by atoms with Gasteiger partial charge in [-0.15, -0.1) is 0 Å². The lowest BCUT2D eigenvalue weighted by Gasteiger charge is -2.37. The Bertz CT molecular complexity index is 516. The molecule has 4 N–H and O–H groups in total. The number of ketones is 1. The quantitative estimate of drug-likeness (QED) is 0.527. The first-order valence-electron chi connectivity index (χ1n) is 6.80. The Morgan fingerprint density at radius 2 is 2.14 bits per heavy atom. The van der Waals surface area contributed by atoms with Crippen LogP contribution in [0.2, 0.25) is 0 Å². The molecular formula is C15H20O6. The van der Waals surface area contributed by atoms with Crippen LogP contribution in [0.3, 0.4) is 0 Å². The second-order valence-corrected chi connectivity index (χ2v) is 5.53. The number of ether oxygens (including phenoxy) is 1. The summed E-state index contributed by atoms with van der Waals surface area (Å²) >= 11 is 0. The topological polar surface area (TPSA) is 107 Å². The first-order valence-corrected chi connectivity index (χ1v) is 6.80. The van der Waals surface area contributed by atoms with Gasteiger partial charge in [0.25, 0.3) is 0 Å². The molecule has 0 spiro atoms. The number of carbonyl (C=O) groups excluding carboxylic acids is 1. The van der Waals surface area contributed by atoms with Gasteiger partial charge in [0, 0.05) is 6.42 Å². The molecule has 0 amide bonds. The minimum Gasteiger partial charge on any atom is -0.494 e. The second-order valence-electron chi connectivity index (χ2n) is 5.53. The number of Topliss-reactive ketones (excluding diaryl/α,β-unsaturated/α-hetero) is 1.